The number of carbonyl (C=O) groups is 1. The lowest BCUT2D eigenvalue weighted by Crippen LogP contribution is -2.37. The fraction of sp³-hybridized carbons (Fsp3) is 0.409. The second-order valence-corrected chi connectivity index (χ2v) is 9.36. The molecule has 0 spiro atoms. The predicted molar refractivity (Wildman–Crippen MR) is 122 cm³/mol. The van der Waals surface area contributed by atoms with Gasteiger partial charge >= 0.3 is 0 Å². The molecule has 2 aromatic rings. The number of para-hydroxylation sites is 1. The number of amides is 1. The summed E-state index contributed by atoms with van der Waals surface area (Å²) in [6.07, 6.45) is 6.44. The second-order valence-electron chi connectivity index (χ2n) is 7.68. The van der Waals surface area contributed by atoms with Gasteiger partial charge in [-0.3, -0.25) is 9.69 Å². The number of aromatic nitrogens is 1. The average Bonchev–Trinajstić information content (AvgIpc) is 3.36. The van der Waals surface area contributed by atoms with Crippen molar-refractivity contribution >= 4 is 57.0 Å². The van der Waals surface area contributed by atoms with E-state index in [1.165, 1.54) is 24.6 Å². The van der Waals surface area contributed by atoms with E-state index in [1.807, 2.05) is 29.2 Å². The molecule has 0 atom stereocenters. The van der Waals surface area contributed by atoms with Crippen LogP contribution in [0.5, 0.6) is 0 Å². The van der Waals surface area contributed by atoms with Gasteiger partial charge in [-0.1, -0.05) is 55.0 Å². The van der Waals surface area contributed by atoms with Crippen LogP contribution in [0.1, 0.15) is 31.2 Å². The van der Waals surface area contributed by atoms with E-state index in [-0.39, 0.29) is 11.9 Å². The minimum absolute atomic E-state index is 0.0491. The van der Waals surface area contributed by atoms with Gasteiger partial charge in [0.05, 0.1) is 23.6 Å². The monoisotopic (exact) mass is 425 g/mol. The summed E-state index contributed by atoms with van der Waals surface area (Å²) in [6, 6.07) is 10.5. The van der Waals surface area contributed by atoms with Crippen molar-refractivity contribution in [1.82, 2.24) is 9.88 Å². The first-order valence-electron chi connectivity index (χ1n) is 10.2. The summed E-state index contributed by atoms with van der Waals surface area (Å²) in [6.45, 7) is 2.99. The number of morpholine rings is 1. The van der Waals surface area contributed by atoms with Crippen molar-refractivity contribution in [2.75, 3.05) is 31.2 Å². The third kappa shape index (κ3) is 3.67. The molecule has 2 saturated heterocycles. The first-order valence-corrected chi connectivity index (χ1v) is 11.4. The van der Waals surface area contributed by atoms with Crippen LogP contribution in [0.3, 0.4) is 0 Å². The first-order chi connectivity index (χ1) is 14.2. The molecule has 1 aromatic carbocycles. The van der Waals surface area contributed by atoms with E-state index < -0.39 is 0 Å². The summed E-state index contributed by atoms with van der Waals surface area (Å²) in [7, 11) is 0. The maximum Gasteiger partial charge on any atom is 0.266 e. The number of nitrogens with zero attached hydrogens (tertiary/aromatic N) is 3. The number of hydrogen-bond acceptors (Lipinski definition) is 6. The summed E-state index contributed by atoms with van der Waals surface area (Å²) >= 11 is 6.99. The number of benzene rings is 1. The molecule has 150 valence electrons. The summed E-state index contributed by atoms with van der Waals surface area (Å²) < 4.78 is 6.21. The SMILES string of the molecule is O=C1/C(=C/c2cc3ccccc3nc2N2CCOCC2)SC(=S)N1C1CCCC1. The topological polar surface area (TPSA) is 45.7 Å². The molecule has 5 nitrogen and oxygen atoms in total. The van der Waals surface area contributed by atoms with Gasteiger partial charge in [0.15, 0.2) is 0 Å². The Balaban J connectivity index is 1.55. The molecule has 5 rings (SSSR count). The lowest BCUT2D eigenvalue weighted by Gasteiger charge is -2.29. The third-order valence-corrected chi connectivity index (χ3v) is 7.17. The van der Waals surface area contributed by atoms with Crippen LogP contribution < -0.4 is 4.90 Å². The van der Waals surface area contributed by atoms with Crippen molar-refractivity contribution in [2.45, 2.75) is 31.7 Å². The molecule has 1 aliphatic carbocycles. The Morgan fingerprint density at radius 1 is 1.17 bits per heavy atom. The van der Waals surface area contributed by atoms with Crippen LogP contribution in [0.15, 0.2) is 35.2 Å². The zero-order valence-electron chi connectivity index (χ0n) is 16.2. The Bertz CT molecular complexity index is 995. The number of ether oxygens (including phenoxy) is 1. The molecule has 1 saturated carbocycles. The van der Waals surface area contributed by atoms with Gasteiger partial charge in [0.25, 0.3) is 5.91 Å². The van der Waals surface area contributed by atoms with Crippen LogP contribution >= 0.6 is 24.0 Å². The summed E-state index contributed by atoms with van der Waals surface area (Å²) in [5, 5.41) is 1.07. The van der Waals surface area contributed by atoms with Crippen molar-refractivity contribution in [3.05, 3.63) is 40.8 Å². The zero-order valence-corrected chi connectivity index (χ0v) is 17.8. The molecule has 0 bridgehead atoms. The number of pyridine rings is 1. The van der Waals surface area contributed by atoms with Crippen molar-refractivity contribution in [1.29, 1.82) is 0 Å². The van der Waals surface area contributed by atoms with Crippen LogP contribution in [-0.4, -0.2) is 52.5 Å². The van der Waals surface area contributed by atoms with E-state index in [2.05, 4.69) is 17.0 Å². The van der Waals surface area contributed by atoms with Gasteiger partial charge in [-0.25, -0.2) is 4.98 Å². The molecule has 29 heavy (non-hydrogen) atoms. The summed E-state index contributed by atoms with van der Waals surface area (Å²) in [5.41, 5.74) is 1.93. The number of carbonyl (C=O) groups excluding carboxylic acids is 1. The van der Waals surface area contributed by atoms with E-state index in [4.69, 9.17) is 21.9 Å². The fourth-order valence-electron chi connectivity index (χ4n) is 4.36. The number of fused-ring (bicyclic) bond motifs is 1. The van der Waals surface area contributed by atoms with Crippen molar-refractivity contribution in [3.63, 3.8) is 0 Å². The molecule has 0 unspecified atom stereocenters. The van der Waals surface area contributed by atoms with Gasteiger partial charge in [0.2, 0.25) is 0 Å². The highest BCUT2D eigenvalue weighted by Gasteiger charge is 2.38. The molecule has 0 radical (unpaired) electrons. The molecule has 1 amide bonds. The lowest BCUT2D eigenvalue weighted by molar-refractivity contribution is -0.123. The molecular formula is C22H23N3O2S2. The molecule has 1 aromatic heterocycles. The van der Waals surface area contributed by atoms with Gasteiger partial charge in [-0.05, 0) is 31.1 Å². The Morgan fingerprint density at radius 3 is 2.72 bits per heavy atom. The van der Waals surface area contributed by atoms with Gasteiger partial charge < -0.3 is 9.64 Å². The Kier molecular flexibility index (Phi) is 5.28. The number of anilines is 1. The summed E-state index contributed by atoms with van der Waals surface area (Å²) in [4.78, 5) is 22.9. The van der Waals surface area contributed by atoms with Crippen molar-refractivity contribution in [2.24, 2.45) is 0 Å². The van der Waals surface area contributed by atoms with Crippen LogP contribution in [0.2, 0.25) is 0 Å². The molecule has 3 heterocycles. The average molecular weight is 426 g/mol. The first kappa shape index (κ1) is 19.0. The Labute approximate surface area is 180 Å². The van der Waals surface area contributed by atoms with Crippen LogP contribution in [0.4, 0.5) is 5.82 Å². The molecule has 2 aliphatic heterocycles. The number of thioether (sulfide) groups is 1. The molecular weight excluding hydrogens is 402 g/mol. The highest BCUT2D eigenvalue weighted by molar-refractivity contribution is 8.26. The van der Waals surface area contributed by atoms with Gasteiger partial charge in [0, 0.05) is 30.1 Å². The highest BCUT2D eigenvalue weighted by atomic mass is 32.2. The fourth-order valence-corrected chi connectivity index (χ4v) is 5.75. The third-order valence-electron chi connectivity index (χ3n) is 5.84. The van der Waals surface area contributed by atoms with E-state index in [1.54, 1.807) is 0 Å². The molecule has 3 aliphatic rings. The Hall–Kier alpha value is -1.96. The maximum absolute atomic E-state index is 13.2. The van der Waals surface area contributed by atoms with E-state index in [0.717, 1.165) is 48.2 Å². The normalized spacial score (nSPS) is 22.4. The quantitative estimate of drug-likeness (QED) is 0.542. The van der Waals surface area contributed by atoms with Crippen LogP contribution in [0.25, 0.3) is 17.0 Å². The highest BCUT2D eigenvalue weighted by Crippen LogP contribution is 2.39. The van der Waals surface area contributed by atoms with Crippen molar-refractivity contribution < 1.29 is 9.53 Å². The zero-order chi connectivity index (χ0) is 19.8. The van der Waals surface area contributed by atoms with E-state index in [9.17, 15) is 4.79 Å². The molecule has 7 heteroatoms. The maximum atomic E-state index is 13.2. The van der Waals surface area contributed by atoms with Gasteiger partial charge in [0.1, 0.15) is 10.1 Å². The van der Waals surface area contributed by atoms with Crippen LogP contribution in [0, 0.1) is 0 Å². The predicted octanol–water partition coefficient (Wildman–Crippen LogP) is 4.22. The molecule has 0 N–H and O–H groups in total. The number of rotatable bonds is 3. The number of thiocarbonyl (C=S) groups is 1. The smallest absolute Gasteiger partial charge is 0.266 e. The van der Waals surface area contributed by atoms with Gasteiger partial charge in [-0.2, -0.15) is 0 Å². The molecule has 3 fully saturated rings. The Morgan fingerprint density at radius 2 is 1.93 bits per heavy atom. The minimum Gasteiger partial charge on any atom is -0.378 e. The number of hydrogen-bond donors (Lipinski definition) is 0. The van der Waals surface area contributed by atoms with Crippen molar-refractivity contribution in [3.8, 4) is 0 Å². The lowest BCUT2D eigenvalue weighted by atomic mass is 10.1. The van der Waals surface area contributed by atoms with E-state index in [0.29, 0.717) is 22.4 Å². The van der Waals surface area contributed by atoms with Gasteiger partial charge in [-0.15, -0.1) is 0 Å². The standard InChI is InChI=1S/C22H23N3O2S2/c26-21-19(29-22(28)25(21)17-6-2-3-7-17)14-16-13-15-5-1-4-8-18(15)23-20(16)24-9-11-27-12-10-24/h1,4-5,8,13-14,17H,2-3,6-7,9-12H2/b19-14-. The minimum atomic E-state index is 0.0491. The largest absolute Gasteiger partial charge is 0.378 e. The van der Waals surface area contributed by atoms with Crippen LogP contribution in [-0.2, 0) is 9.53 Å². The van der Waals surface area contributed by atoms with E-state index >= 15 is 0 Å². The second kappa shape index (κ2) is 8.05. The summed E-state index contributed by atoms with van der Waals surface area (Å²) in [5.74, 6) is 0.964.